The number of rotatable bonds is 5. The van der Waals surface area contributed by atoms with Crippen LogP contribution < -0.4 is 5.32 Å². The number of anilines is 1. The molecule has 0 bridgehead atoms. The summed E-state index contributed by atoms with van der Waals surface area (Å²) >= 11 is 0. The molecule has 0 aliphatic rings. The second-order valence-corrected chi connectivity index (χ2v) is 6.28. The molecular formula is C22H18FN3O. The summed E-state index contributed by atoms with van der Waals surface area (Å²) in [5.41, 5.74) is 3.37. The third-order valence-corrected chi connectivity index (χ3v) is 4.29. The molecule has 0 spiro atoms. The van der Waals surface area contributed by atoms with Crippen LogP contribution >= 0.6 is 0 Å². The van der Waals surface area contributed by atoms with E-state index in [0.29, 0.717) is 11.5 Å². The van der Waals surface area contributed by atoms with Crippen molar-refractivity contribution in [3.63, 3.8) is 0 Å². The third kappa shape index (κ3) is 3.72. The lowest BCUT2D eigenvalue weighted by molar-refractivity contribution is 0.490. The summed E-state index contributed by atoms with van der Waals surface area (Å²) in [6.45, 7) is 2.04. The van der Waals surface area contributed by atoms with Crippen LogP contribution in [0.2, 0.25) is 0 Å². The molecule has 0 saturated carbocycles. The fraction of sp³-hybridized carbons (Fsp3) is 0.0909. The minimum absolute atomic E-state index is 0.162. The molecule has 1 aromatic heterocycles. The Morgan fingerprint density at radius 2 is 1.56 bits per heavy atom. The van der Waals surface area contributed by atoms with Gasteiger partial charge < -0.3 is 9.73 Å². The number of aromatic nitrogens is 2. The first-order chi connectivity index (χ1) is 13.2. The number of nitrogens with one attached hydrogen (secondary N) is 1. The minimum atomic E-state index is -0.393. The first kappa shape index (κ1) is 17.0. The van der Waals surface area contributed by atoms with Gasteiger partial charge in [0.25, 0.3) is 5.89 Å². The van der Waals surface area contributed by atoms with Gasteiger partial charge in [-0.25, -0.2) is 4.39 Å². The minimum Gasteiger partial charge on any atom is -0.418 e. The van der Waals surface area contributed by atoms with Gasteiger partial charge in [-0.05, 0) is 36.8 Å². The van der Waals surface area contributed by atoms with E-state index in [9.17, 15) is 4.39 Å². The molecule has 0 aliphatic heterocycles. The summed E-state index contributed by atoms with van der Waals surface area (Å²) in [5.74, 6) is 0.144. The highest BCUT2D eigenvalue weighted by atomic mass is 19.1. The Balaban J connectivity index is 1.71. The topological polar surface area (TPSA) is 51.0 Å². The molecule has 4 rings (SSSR count). The zero-order valence-electron chi connectivity index (χ0n) is 14.8. The molecule has 4 aromatic rings. The van der Waals surface area contributed by atoms with Crippen molar-refractivity contribution >= 4 is 5.69 Å². The summed E-state index contributed by atoms with van der Waals surface area (Å²) in [6, 6.07) is 23.9. The van der Waals surface area contributed by atoms with Crippen LogP contribution in [0.15, 0.2) is 83.3 Å². The van der Waals surface area contributed by atoms with Crippen molar-refractivity contribution in [3.8, 4) is 11.5 Å². The van der Waals surface area contributed by atoms with E-state index in [1.54, 1.807) is 18.2 Å². The van der Waals surface area contributed by atoms with Gasteiger partial charge in [-0.3, -0.25) is 0 Å². The van der Waals surface area contributed by atoms with Crippen LogP contribution in [-0.4, -0.2) is 10.2 Å². The number of aryl methyl sites for hydroxylation is 1. The third-order valence-electron chi connectivity index (χ3n) is 4.29. The highest BCUT2D eigenvalue weighted by Crippen LogP contribution is 2.29. The average Bonchev–Trinajstić information content (AvgIpc) is 3.18. The van der Waals surface area contributed by atoms with E-state index in [4.69, 9.17) is 4.42 Å². The maximum atomic E-state index is 14.0. The maximum absolute atomic E-state index is 14.0. The van der Waals surface area contributed by atoms with Crippen molar-refractivity contribution < 1.29 is 8.81 Å². The molecule has 0 unspecified atom stereocenters. The molecule has 1 N–H and O–H groups in total. The Morgan fingerprint density at radius 3 is 2.30 bits per heavy atom. The molecule has 1 atom stereocenters. The summed E-state index contributed by atoms with van der Waals surface area (Å²) in [6.07, 6.45) is 0. The number of halogens is 1. The van der Waals surface area contributed by atoms with E-state index < -0.39 is 5.82 Å². The Morgan fingerprint density at radius 1 is 0.852 bits per heavy atom. The lowest BCUT2D eigenvalue weighted by Crippen LogP contribution is -2.12. The first-order valence-corrected chi connectivity index (χ1v) is 8.67. The lowest BCUT2D eigenvalue weighted by Gasteiger charge is -2.17. The molecule has 134 valence electrons. The van der Waals surface area contributed by atoms with Crippen molar-refractivity contribution in [3.05, 3.63) is 102 Å². The fourth-order valence-electron chi connectivity index (χ4n) is 2.84. The number of benzene rings is 3. The zero-order valence-corrected chi connectivity index (χ0v) is 14.8. The molecule has 27 heavy (non-hydrogen) atoms. The van der Waals surface area contributed by atoms with E-state index in [1.807, 2.05) is 61.5 Å². The summed E-state index contributed by atoms with van der Waals surface area (Å²) < 4.78 is 19.9. The number of hydrogen-bond donors (Lipinski definition) is 1. The van der Waals surface area contributed by atoms with E-state index in [2.05, 4.69) is 15.5 Å². The van der Waals surface area contributed by atoms with Crippen molar-refractivity contribution in [1.29, 1.82) is 0 Å². The fourth-order valence-corrected chi connectivity index (χ4v) is 2.84. The molecule has 0 aliphatic carbocycles. The lowest BCUT2D eigenvalue weighted by atomic mass is 10.1. The van der Waals surface area contributed by atoms with E-state index >= 15 is 0 Å². The van der Waals surface area contributed by atoms with Crippen LogP contribution in [0.3, 0.4) is 0 Å². The van der Waals surface area contributed by atoms with Gasteiger partial charge in [0.05, 0.1) is 5.56 Å². The zero-order chi connectivity index (χ0) is 18.6. The highest BCUT2D eigenvalue weighted by Gasteiger charge is 2.22. The number of hydrogen-bond acceptors (Lipinski definition) is 4. The standard InChI is InChI=1S/C22H18FN3O/c1-15-11-13-17(14-12-15)24-20(16-7-3-2-4-8-16)22-26-25-21(27-22)18-9-5-6-10-19(18)23/h2-14,20,24H,1H3/t20-/m0/s1. The van der Waals surface area contributed by atoms with Gasteiger partial charge >= 0.3 is 0 Å². The van der Waals surface area contributed by atoms with E-state index in [1.165, 1.54) is 11.6 Å². The van der Waals surface area contributed by atoms with Gasteiger partial charge in [0.1, 0.15) is 11.9 Å². The van der Waals surface area contributed by atoms with Crippen molar-refractivity contribution in [2.45, 2.75) is 13.0 Å². The summed E-state index contributed by atoms with van der Waals surface area (Å²) in [4.78, 5) is 0. The Kier molecular flexibility index (Phi) is 4.66. The van der Waals surface area contributed by atoms with E-state index in [-0.39, 0.29) is 11.9 Å². The van der Waals surface area contributed by atoms with Crippen molar-refractivity contribution in [1.82, 2.24) is 10.2 Å². The van der Waals surface area contributed by atoms with E-state index in [0.717, 1.165) is 11.3 Å². The SMILES string of the molecule is Cc1ccc(N[C@@H](c2ccccc2)c2nnc(-c3ccccc3F)o2)cc1. The molecule has 0 fully saturated rings. The smallest absolute Gasteiger partial charge is 0.250 e. The van der Waals surface area contributed by atoms with Gasteiger partial charge in [0.2, 0.25) is 5.89 Å². The predicted octanol–water partition coefficient (Wildman–Crippen LogP) is 5.39. The molecule has 4 nitrogen and oxygen atoms in total. The monoisotopic (exact) mass is 359 g/mol. The first-order valence-electron chi connectivity index (χ1n) is 8.67. The molecule has 1 heterocycles. The average molecular weight is 359 g/mol. The molecule has 3 aromatic carbocycles. The molecule has 0 saturated heterocycles. The van der Waals surface area contributed by atoms with Gasteiger partial charge in [0, 0.05) is 5.69 Å². The normalized spacial score (nSPS) is 11.9. The largest absolute Gasteiger partial charge is 0.418 e. The Bertz CT molecular complexity index is 1030. The predicted molar refractivity (Wildman–Crippen MR) is 103 cm³/mol. The summed E-state index contributed by atoms with van der Waals surface area (Å²) in [5, 5.41) is 11.7. The molecule has 0 amide bonds. The van der Waals surface area contributed by atoms with Gasteiger partial charge in [-0.15, -0.1) is 10.2 Å². The highest BCUT2D eigenvalue weighted by molar-refractivity contribution is 5.54. The van der Waals surface area contributed by atoms with Gasteiger partial charge in [-0.1, -0.05) is 60.2 Å². The van der Waals surface area contributed by atoms with Crippen LogP contribution in [0.5, 0.6) is 0 Å². The van der Waals surface area contributed by atoms with Crippen LogP contribution in [0.1, 0.15) is 23.1 Å². The quantitative estimate of drug-likeness (QED) is 0.519. The Hall–Kier alpha value is -3.47. The van der Waals surface area contributed by atoms with Crippen molar-refractivity contribution in [2.24, 2.45) is 0 Å². The second-order valence-electron chi connectivity index (χ2n) is 6.28. The van der Waals surface area contributed by atoms with Crippen LogP contribution in [0.25, 0.3) is 11.5 Å². The maximum Gasteiger partial charge on any atom is 0.250 e. The molecule has 5 heteroatoms. The van der Waals surface area contributed by atoms with Crippen LogP contribution in [0, 0.1) is 12.7 Å². The second kappa shape index (κ2) is 7.41. The molecule has 0 radical (unpaired) electrons. The van der Waals surface area contributed by atoms with Gasteiger partial charge in [0.15, 0.2) is 0 Å². The van der Waals surface area contributed by atoms with Crippen LogP contribution in [0.4, 0.5) is 10.1 Å². The Labute approximate surface area is 156 Å². The molecular weight excluding hydrogens is 341 g/mol. The number of nitrogens with zero attached hydrogens (tertiary/aromatic N) is 2. The summed E-state index contributed by atoms with van der Waals surface area (Å²) in [7, 11) is 0. The van der Waals surface area contributed by atoms with Crippen molar-refractivity contribution in [2.75, 3.05) is 5.32 Å². The van der Waals surface area contributed by atoms with Gasteiger partial charge in [-0.2, -0.15) is 0 Å². The van der Waals surface area contributed by atoms with Crippen LogP contribution in [-0.2, 0) is 0 Å².